The van der Waals surface area contributed by atoms with Crippen LogP contribution >= 0.6 is 11.8 Å². The van der Waals surface area contributed by atoms with Gasteiger partial charge in [-0.25, -0.2) is 0 Å². The van der Waals surface area contributed by atoms with E-state index in [9.17, 15) is 13.2 Å². The number of halogens is 3. The first kappa shape index (κ1) is 22.8. The maximum atomic E-state index is 12.2. The van der Waals surface area contributed by atoms with Crippen LogP contribution in [-0.4, -0.2) is 30.0 Å². The Morgan fingerprint density at radius 3 is 2.25 bits per heavy atom. The lowest BCUT2D eigenvalue weighted by Gasteiger charge is -2.38. The first-order chi connectivity index (χ1) is 11.1. The van der Waals surface area contributed by atoms with Gasteiger partial charge in [0.15, 0.2) is 0 Å². The lowest BCUT2D eigenvalue weighted by molar-refractivity contribution is -0.0321. The Morgan fingerprint density at radius 2 is 1.79 bits per heavy atom. The molecule has 1 saturated heterocycles. The van der Waals surface area contributed by atoms with Crippen molar-refractivity contribution in [3.63, 3.8) is 0 Å². The predicted octanol–water partition coefficient (Wildman–Crippen LogP) is 5.91. The summed E-state index contributed by atoms with van der Waals surface area (Å²) in [6.45, 7) is 15.8. The molecule has 1 fully saturated rings. The number of piperidine rings is 1. The Kier molecular flexibility index (Phi) is 10.1. The molecule has 1 heterocycles. The van der Waals surface area contributed by atoms with E-state index in [0.29, 0.717) is 13.0 Å². The van der Waals surface area contributed by atoms with Crippen molar-refractivity contribution in [2.75, 3.05) is 19.6 Å². The van der Waals surface area contributed by atoms with Gasteiger partial charge < -0.3 is 0 Å². The highest BCUT2D eigenvalue weighted by molar-refractivity contribution is 8.04. The fraction of sp³-hybridized carbons (Fsp3) is 0.611. The Bertz CT molecular complexity index is 481. The molecule has 24 heavy (non-hydrogen) atoms. The number of hydrogen-bond acceptors (Lipinski definition) is 3. The van der Waals surface area contributed by atoms with E-state index >= 15 is 0 Å². The summed E-state index contributed by atoms with van der Waals surface area (Å²) in [5.41, 5.74) is -3.46. The third kappa shape index (κ3) is 9.84. The molecule has 0 aromatic rings. The van der Waals surface area contributed by atoms with Gasteiger partial charge in [-0.15, -0.1) is 0 Å². The van der Waals surface area contributed by atoms with E-state index in [0.717, 1.165) is 31.5 Å². The van der Waals surface area contributed by atoms with Gasteiger partial charge in [-0.2, -0.15) is 18.4 Å². The van der Waals surface area contributed by atoms with Crippen LogP contribution in [0.3, 0.4) is 0 Å². The summed E-state index contributed by atoms with van der Waals surface area (Å²) in [5, 5.41) is 8.82. The molecule has 0 saturated carbocycles. The summed E-state index contributed by atoms with van der Waals surface area (Å²) in [7, 11) is 0. The van der Waals surface area contributed by atoms with Crippen molar-refractivity contribution < 1.29 is 13.2 Å². The molecule has 0 bridgehead atoms. The number of nitriles is 1. The topological polar surface area (TPSA) is 27.0 Å². The summed E-state index contributed by atoms with van der Waals surface area (Å²) in [4.78, 5) is 2.17. The predicted molar refractivity (Wildman–Crippen MR) is 96.4 cm³/mol. The molecule has 0 aromatic carbocycles. The van der Waals surface area contributed by atoms with Crippen molar-refractivity contribution in [1.29, 1.82) is 5.26 Å². The number of alkyl halides is 3. The number of hydrogen-bond donors (Lipinski definition) is 0. The summed E-state index contributed by atoms with van der Waals surface area (Å²) < 4.78 is 36.5. The van der Waals surface area contributed by atoms with Crippen molar-refractivity contribution in [3.8, 4) is 6.07 Å². The fourth-order valence-electron chi connectivity index (χ4n) is 2.35. The van der Waals surface area contributed by atoms with Gasteiger partial charge in [-0.05, 0) is 54.8 Å². The zero-order chi connectivity index (χ0) is 18.8. The van der Waals surface area contributed by atoms with Gasteiger partial charge in [0.05, 0.1) is 6.07 Å². The lowest BCUT2D eigenvalue weighted by Crippen LogP contribution is -2.39. The molecule has 136 valence electrons. The molecule has 0 atom stereocenters. The van der Waals surface area contributed by atoms with Crippen molar-refractivity contribution in [1.82, 2.24) is 4.90 Å². The monoisotopic (exact) mass is 360 g/mol. The average Bonchev–Trinajstić information content (AvgIpc) is 2.48. The van der Waals surface area contributed by atoms with Gasteiger partial charge in [0.2, 0.25) is 0 Å². The van der Waals surface area contributed by atoms with Crippen LogP contribution in [0.15, 0.2) is 35.8 Å². The van der Waals surface area contributed by atoms with E-state index in [4.69, 9.17) is 5.26 Å². The highest BCUT2D eigenvalue weighted by Gasteiger charge is 2.30. The van der Waals surface area contributed by atoms with Crippen LogP contribution in [0.5, 0.6) is 0 Å². The van der Waals surface area contributed by atoms with Gasteiger partial charge in [0, 0.05) is 17.9 Å². The van der Waals surface area contributed by atoms with Gasteiger partial charge in [0.25, 0.3) is 0 Å². The molecule has 0 N–H and O–H groups in total. The number of nitrogens with zero attached hydrogens (tertiary/aromatic N) is 2. The Labute approximate surface area is 148 Å². The summed E-state index contributed by atoms with van der Waals surface area (Å²) in [6, 6.07) is 2.23. The van der Waals surface area contributed by atoms with Crippen LogP contribution in [0.2, 0.25) is 0 Å². The number of allylic oxidation sites excluding steroid dienone is 1. The maximum Gasteiger partial charge on any atom is 0.446 e. The van der Waals surface area contributed by atoms with Gasteiger partial charge >= 0.3 is 5.51 Å². The minimum Gasteiger partial charge on any atom is -0.299 e. The molecule has 0 unspecified atom stereocenters. The van der Waals surface area contributed by atoms with E-state index in [1.807, 2.05) is 13.8 Å². The molecular weight excluding hydrogens is 333 g/mol. The van der Waals surface area contributed by atoms with Crippen molar-refractivity contribution in [2.24, 2.45) is 5.41 Å². The number of thioether (sulfide) groups is 1. The van der Waals surface area contributed by atoms with Gasteiger partial charge in [-0.3, -0.25) is 4.90 Å². The zero-order valence-electron chi connectivity index (χ0n) is 14.7. The van der Waals surface area contributed by atoms with Crippen LogP contribution in [0.1, 0.15) is 40.0 Å². The second-order valence-electron chi connectivity index (χ2n) is 5.93. The van der Waals surface area contributed by atoms with Gasteiger partial charge in [0.1, 0.15) is 0 Å². The van der Waals surface area contributed by atoms with E-state index in [1.165, 1.54) is 6.08 Å². The van der Waals surface area contributed by atoms with E-state index in [1.54, 1.807) is 6.08 Å². The SMILES string of the molecule is C=C(/C=C\C(=C)SC(F)(F)F)CN1CCC(C)(CC#N)CC1.CC. The third-order valence-electron chi connectivity index (χ3n) is 3.75. The minimum atomic E-state index is -4.30. The lowest BCUT2D eigenvalue weighted by atomic mass is 9.78. The fourth-order valence-corrected chi connectivity index (χ4v) is 2.79. The quantitative estimate of drug-likeness (QED) is 0.551. The average molecular weight is 360 g/mol. The first-order valence-electron chi connectivity index (χ1n) is 8.03. The molecule has 0 amide bonds. The van der Waals surface area contributed by atoms with E-state index < -0.39 is 5.51 Å². The van der Waals surface area contributed by atoms with Crippen LogP contribution < -0.4 is 0 Å². The number of rotatable bonds is 6. The molecule has 0 spiro atoms. The molecule has 0 radical (unpaired) electrons. The summed E-state index contributed by atoms with van der Waals surface area (Å²) in [6.07, 6.45) is 5.41. The van der Waals surface area contributed by atoms with Crippen LogP contribution in [0.25, 0.3) is 0 Å². The van der Waals surface area contributed by atoms with E-state index in [2.05, 4.69) is 31.1 Å². The van der Waals surface area contributed by atoms with E-state index in [-0.39, 0.29) is 22.1 Å². The second-order valence-corrected chi connectivity index (χ2v) is 7.12. The van der Waals surface area contributed by atoms with Crippen molar-refractivity contribution in [2.45, 2.75) is 45.5 Å². The Balaban J connectivity index is 0.00000254. The normalized spacial score (nSPS) is 17.7. The highest BCUT2D eigenvalue weighted by atomic mass is 32.2. The largest absolute Gasteiger partial charge is 0.446 e. The first-order valence-corrected chi connectivity index (χ1v) is 8.85. The maximum absolute atomic E-state index is 12.2. The molecule has 1 aliphatic rings. The molecule has 1 rings (SSSR count). The molecule has 0 aromatic heterocycles. The summed E-state index contributed by atoms with van der Waals surface area (Å²) in [5.74, 6) is 0. The number of likely N-dealkylation sites (tertiary alicyclic amines) is 1. The van der Waals surface area contributed by atoms with Crippen LogP contribution in [0, 0.1) is 16.7 Å². The van der Waals surface area contributed by atoms with Gasteiger partial charge in [-0.1, -0.05) is 40.0 Å². The molecule has 0 aliphatic carbocycles. The third-order valence-corrected chi connectivity index (χ3v) is 4.38. The van der Waals surface area contributed by atoms with Crippen LogP contribution in [0.4, 0.5) is 13.2 Å². The smallest absolute Gasteiger partial charge is 0.299 e. The Morgan fingerprint density at radius 1 is 1.25 bits per heavy atom. The second kappa shape index (κ2) is 10.6. The molecular formula is C18H27F3N2S. The highest BCUT2D eigenvalue weighted by Crippen LogP contribution is 2.36. The zero-order valence-corrected chi connectivity index (χ0v) is 15.6. The minimum absolute atomic E-state index is 0.0473. The standard InChI is InChI=1S/C16H21F3N2S.C2H6/c1-13(4-5-14(2)22-16(17,18)19)12-21-10-7-15(3,6-9-20)8-11-21;1-2/h4-5H,1-2,6-8,10-12H2,3H3;1-2H3/b5-4-;. The summed E-state index contributed by atoms with van der Waals surface area (Å²) >= 11 is -0.217. The van der Waals surface area contributed by atoms with Crippen molar-refractivity contribution >= 4 is 11.8 Å². The van der Waals surface area contributed by atoms with Crippen LogP contribution in [-0.2, 0) is 0 Å². The van der Waals surface area contributed by atoms with Crippen molar-refractivity contribution in [3.05, 3.63) is 35.8 Å². The molecule has 6 heteroatoms. The molecule has 2 nitrogen and oxygen atoms in total. The Hall–Kier alpha value is -1.19. The molecule has 1 aliphatic heterocycles.